The van der Waals surface area contributed by atoms with Gasteiger partial charge in [0.1, 0.15) is 18.3 Å². The molecule has 0 aliphatic heterocycles. The minimum atomic E-state index is -4.21. The quantitative estimate of drug-likeness (QED) is 0.296. The monoisotopic (exact) mass is 605 g/mol. The van der Waals surface area contributed by atoms with Gasteiger partial charge in [-0.2, -0.15) is 0 Å². The molecule has 0 aliphatic rings. The van der Waals surface area contributed by atoms with E-state index in [2.05, 4.69) is 5.32 Å². The van der Waals surface area contributed by atoms with Gasteiger partial charge in [0.05, 0.1) is 27.2 Å². The molecule has 3 rings (SSSR count). The highest BCUT2D eigenvalue weighted by atomic mass is 35.5. The lowest BCUT2D eigenvalue weighted by atomic mass is 10.1. The van der Waals surface area contributed by atoms with Crippen LogP contribution < -0.4 is 14.4 Å². The number of hydrogen-bond acceptors (Lipinski definition) is 5. The number of para-hydroxylation sites is 2. The number of rotatable bonds is 12. The van der Waals surface area contributed by atoms with Gasteiger partial charge < -0.3 is 15.0 Å². The zero-order valence-corrected chi connectivity index (χ0v) is 25.2. The highest BCUT2D eigenvalue weighted by Gasteiger charge is 2.33. The highest BCUT2D eigenvalue weighted by molar-refractivity contribution is 7.92. The number of carbonyl (C=O) groups is 2. The summed E-state index contributed by atoms with van der Waals surface area (Å²) in [6, 6.07) is 17.0. The van der Waals surface area contributed by atoms with Crippen molar-refractivity contribution in [2.45, 2.75) is 45.2 Å². The van der Waals surface area contributed by atoms with E-state index in [-0.39, 0.29) is 23.0 Å². The third-order valence-corrected chi connectivity index (χ3v) is 8.69. The van der Waals surface area contributed by atoms with Gasteiger partial charge in [-0.25, -0.2) is 8.42 Å². The van der Waals surface area contributed by atoms with Crippen LogP contribution in [0.1, 0.15) is 31.9 Å². The third-order valence-electron chi connectivity index (χ3n) is 6.18. The first-order valence-corrected chi connectivity index (χ1v) is 15.0. The van der Waals surface area contributed by atoms with E-state index in [9.17, 15) is 18.0 Å². The van der Waals surface area contributed by atoms with Gasteiger partial charge in [0.15, 0.2) is 0 Å². The smallest absolute Gasteiger partial charge is 0.264 e. The molecule has 1 atom stereocenters. The number of nitrogens with one attached hydrogen (secondary N) is 1. The van der Waals surface area contributed by atoms with Crippen molar-refractivity contribution >= 4 is 50.7 Å². The van der Waals surface area contributed by atoms with Crippen LogP contribution in [0.4, 0.5) is 5.69 Å². The Morgan fingerprint density at radius 2 is 1.65 bits per heavy atom. The van der Waals surface area contributed by atoms with Crippen molar-refractivity contribution in [3.8, 4) is 5.75 Å². The van der Waals surface area contributed by atoms with Crippen LogP contribution in [0, 0.1) is 6.92 Å². The molecule has 0 saturated heterocycles. The number of anilines is 1. The summed E-state index contributed by atoms with van der Waals surface area (Å²) >= 11 is 12.3. The first-order valence-electron chi connectivity index (χ1n) is 12.8. The molecule has 1 N–H and O–H groups in total. The van der Waals surface area contributed by atoms with Gasteiger partial charge in [0, 0.05) is 13.1 Å². The first kappa shape index (κ1) is 31.3. The predicted octanol–water partition coefficient (Wildman–Crippen LogP) is 5.45. The molecule has 3 aromatic rings. The zero-order valence-electron chi connectivity index (χ0n) is 22.9. The normalized spacial score (nSPS) is 11.9. The van der Waals surface area contributed by atoms with Crippen LogP contribution in [0.3, 0.4) is 0 Å². The summed E-state index contributed by atoms with van der Waals surface area (Å²) < 4.78 is 34.7. The molecule has 0 fully saturated rings. The molecule has 0 aliphatic carbocycles. The highest BCUT2D eigenvalue weighted by Crippen LogP contribution is 2.33. The van der Waals surface area contributed by atoms with Gasteiger partial charge in [-0.3, -0.25) is 13.9 Å². The van der Waals surface area contributed by atoms with Crippen LogP contribution in [-0.4, -0.2) is 50.9 Å². The van der Waals surface area contributed by atoms with Gasteiger partial charge in [-0.1, -0.05) is 59.1 Å². The lowest BCUT2D eigenvalue weighted by Crippen LogP contribution is -2.51. The van der Waals surface area contributed by atoms with E-state index >= 15 is 0 Å². The third kappa shape index (κ3) is 7.47. The summed E-state index contributed by atoms with van der Waals surface area (Å²) in [4.78, 5) is 28.2. The Morgan fingerprint density at radius 3 is 2.27 bits per heavy atom. The predicted molar refractivity (Wildman–Crippen MR) is 158 cm³/mol. The van der Waals surface area contributed by atoms with Crippen molar-refractivity contribution in [1.82, 2.24) is 10.2 Å². The number of aryl methyl sites for hydroxylation is 1. The number of sulfonamides is 1. The van der Waals surface area contributed by atoms with E-state index in [0.29, 0.717) is 34.5 Å². The minimum Gasteiger partial charge on any atom is -0.492 e. The second-order valence-electron chi connectivity index (χ2n) is 9.07. The number of carbonyl (C=O) groups excluding carboxylic acids is 2. The Labute approximate surface area is 245 Å². The maximum absolute atomic E-state index is 14.0. The van der Waals surface area contributed by atoms with Crippen molar-refractivity contribution in [2.24, 2.45) is 0 Å². The molecule has 8 nitrogen and oxygen atoms in total. The van der Waals surface area contributed by atoms with Crippen LogP contribution in [0.25, 0.3) is 0 Å². The van der Waals surface area contributed by atoms with Gasteiger partial charge in [-0.05, 0) is 69.7 Å². The molecule has 0 bridgehead atoms. The maximum atomic E-state index is 14.0. The van der Waals surface area contributed by atoms with E-state index in [4.69, 9.17) is 27.9 Å². The summed E-state index contributed by atoms with van der Waals surface area (Å²) in [6.45, 7) is 7.09. The fourth-order valence-corrected chi connectivity index (χ4v) is 5.78. The number of nitrogens with zero attached hydrogens (tertiary/aromatic N) is 2. The number of benzene rings is 3. The summed E-state index contributed by atoms with van der Waals surface area (Å²) in [5.74, 6) is -0.660. The van der Waals surface area contributed by atoms with Crippen molar-refractivity contribution in [3.63, 3.8) is 0 Å². The van der Waals surface area contributed by atoms with Crippen molar-refractivity contribution in [3.05, 3.63) is 87.9 Å². The molecule has 2 amide bonds. The van der Waals surface area contributed by atoms with E-state index in [1.54, 1.807) is 75.4 Å². The largest absolute Gasteiger partial charge is 0.492 e. The lowest BCUT2D eigenvalue weighted by Gasteiger charge is -2.32. The zero-order chi connectivity index (χ0) is 29.4. The molecule has 11 heteroatoms. The topological polar surface area (TPSA) is 96.0 Å². The second kappa shape index (κ2) is 13.9. The Hall–Kier alpha value is -3.27. The summed E-state index contributed by atoms with van der Waals surface area (Å²) in [5, 5.41) is 3.37. The Kier molecular flexibility index (Phi) is 10.8. The molecular formula is C29H33Cl2N3O5S. The molecule has 0 aromatic heterocycles. The van der Waals surface area contributed by atoms with Crippen LogP contribution in [-0.2, 0) is 26.2 Å². The number of hydrogen-bond donors (Lipinski definition) is 1. The Morgan fingerprint density at radius 1 is 0.975 bits per heavy atom. The average Bonchev–Trinajstić information content (AvgIpc) is 2.92. The number of likely N-dealkylation sites (N-methyl/N-ethyl adjacent to an activating group) is 1. The van der Waals surface area contributed by atoms with E-state index in [1.807, 2.05) is 6.92 Å². The lowest BCUT2D eigenvalue weighted by molar-refractivity contribution is -0.139. The Balaban J connectivity index is 2.09. The molecule has 0 spiro atoms. The molecule has 0 saturated carbocycles. The number of ether oxygens (including phenoxy) is 1. The summed E-state index contributed by atoms with van der Waals surface area (Å²) in [6.07, 6.45) is 0. The van der Waals surface area contributed by atoms with Crippen LogP contribution in [0.5, 0.6) is 5.75 Å². The van der Waals surface area contributed by atoms with E-state index in [1.165, 1.54) is 17.0 Å². The SMILES string of the molecule is CCNC(=O)[C@@H](C)N(Cc1ccc(Cl)c(Cl)c1)C(=O)CN(c1ccccc1OCC)S(=O)(=O)c1ccc(C)cc1. The van der Waals surface area contributed by atoms with Gasteiger partial charge in [0.25, 0.3) is 10.0 Å². The molecule has 40 heavy (non-hydrogen) atoms. The molecule has 214 valence electrons. The van der Waals surface area contributed by atoms with Crippen molar-refractivity contribution in [2.75, 3.05) is 24.0 Å². The second-order valence-corrected chi connectivity index (χ2v) is 11.7. The molecule has 0 radical (unpaired) electrons. The van der Waals surface area contributed by atoms with Gasteiger partial charge >= 0.3 is 0 Å². The number of halogens is 2. The average molecular weight is 607 g/mol. The van der Waals surface area contributed by atoms with Crippen LogP contribution in [0.2, 0.25) is 10.0 Å². The molecular weight excluding hydrogens is 573 g/mol. The van der Waals surface area contributed by atoms with Crippen molar-refractivity contribution in [1.29, 1.82) is 0 Å². The summed E-state index contributed by atoms with van der Waals surface area (Å²) in [5.41, 5.74) is 1.72. The van der Waals surface area contributed by atoms with Crippen LogP contribution in [0.15, 0.2) is 71.6 Å². The molecule has 0 heterocycles. The van der Waals surface area contributed by atoms with Crippen LogP contribution >= 0.6 is 23.2 Å². The Bertz CT molecular complexity index is 1450. The van der Waals surface area contributed by atoms with E-state index < -0.39 is 28.5 Å². The van der Waals surface area contributed by atoms with Gasteiger partial charge in [0.2, 0.25) is 11.8 Å². The molecule has 0 unspecified atom stereocenters. The fourth-order valence-electron chi connectivity index (χ4n) is 4.03. The van der Waals surface area contributed by atoms with Gasteiger partial charge in [-0.15, -0.1) is 0 Å². The number of amides is 2. The first-order chi connectivity index (χ1) is 19.0. The fraction of sp³-hybridized carbons (Fsp3) is 0.310. The summed E-state index contributed by atoms with van der Waals surface area (Å²) in [7, 11) is -4.21. The standard InChI is InChI=1S/C29H33Cl2N3O5S/c1-5-32-29(36)21(4)33(18-22-13-16-24(30)25(31)17-22)28(35)19-34(26-9-7-8-10-27(26)39-6-2)40(37,38)23-14-11-20(3)12-15-23/h7-17,21H,5-6,18-19H2,1-4H3,(H,32,36)/t21-/m1/s1. The maximum Gasteiger partial charge on any atom is 0.264 e. The van der Waals surface area contributed by atoms with Crippen molar-refractivity contribution < 1.29 is 22.7 Å². The molecule has 3 aromatic carbocycles. The minimum absolute atomic E-state index is 0.000447. The van der Waals surface area contributed by atoms with E-state index in [0.717, 1.165) is 9.87 Å².